The summed E-state index contributed by atoms with van der Waals surface area (Å²) in [5, 5.41) is 13.3. The van der Waals surface area contributed by atoms with Crippen molar-refractivity contribution in [2.75, 3.05) is 39.4 Å². The van der Waals surface area contributed by atoms with Crippen LogP contribution < -0.4 is 5.32 Å². The largest absolute Gasteiger partial charge is 0.379 e. The van der Waals surface area contributed by atoms with Gasteiger partial charge in [-0.2, -0.15) is 0 Å². The number of aromatic nitrogens is 4. The van der Waals surface area contributed by atoms with Crippen LogP contribution in [-0.4, -0.2) is 75.2 Å². The Hall–Kier alpha value is -2.53. The number of rotatable bonds is 9. The first-order valence-electron chi connectivity index (χ1n) is 12.2. The minimum absolute atomic E-state index is 0.00913. The van der Waals surface area contributed by atoms with Crippen LogP contribution in [0.2, 0.25) is 0 Å². The van der Waals surface area contributed by atoms with E-state index in [1.807, 2.05) is 31.2 Å². The molecule has 1 saturated heterocycles. The summed E-state index contributed by atoms with van der Waals surface area (Å²) in [6, 6.07) is 16.5. The second kappa shape index (κ2) is 11.7. The van der Waals surface area contributed by atoms with Crippen molar-refractivity contribution in [3.05, 3.63) is 58.6 Å². The van der Waals surface area contributed by atoms with Crippen molar-refractivity contribution in [3.8, 4) is 0 Å². The summed E-state index contributed by atoms with van der Waals surface area (Å²) in [6.07, 6.45) is 0.678. The van der Waals surface area contributed by atoms with Crippen molar-refractivity contribution in [2.24, 2.45) is 0 Å². The van der Waals surface area contributed by atoms with Crippen LogP contribution in [0.25, 0.3) is 22.1 Å². The van der Waals surface area contributed by atoms with E-state index in [4.69, 9.17) is 9.72 Å². The maximum Gasteiger partial charge on any atom is 0.233 e. The van der Waals surface area contributed by atoms with Gasteiger partial charge >= 0.3 is 0 Å². The first-order valence-corrected chi connectivity index (χ1v) is 13.9. The Bertz CT molecular complexity index is 1340. The van der Waals surface area contributed by atoms with E-state index in [0.717, 1.165) is 59.4 Å². The molecule has 10 heteroatoms. The number of morpholine rings is 1. The molecular formula is C26H29BrN6O2S. The fourth-order valence-electron chi connectivity index (χ4n) is 4.40. The molecule has 4 aromatic rings. The Labute approximate surface area is 222 Å². The summed E-state index contributed by atoms with van der Waals surface area (Å²) in [7, 11) is 0. The minimum atomic E-state index is -0.279. The van der Waals surface area contributed by atoms with Crippen LogP contribution in [0.3, 0.4) is 0 Å². The summed E-state index contributed by atoms with van der Waals surface area (Å²) >= 11 is 4.88. The van der Waals surface area contributed by atoms with E-state index in [1.54, 1.807) is 0 Å². The summed E-state index contributed by atoms with van der Waals surface area (Å²) in [5.74, 6) is 0.00913. The molecule has 36 heavy (non-hydrogen) atoms. The first-order chi connectivity index (χ1) is 17.6. The average molecular weight is 570 g/mol. The molecule has 1 atom stereocenters. The van der Waals surface area contributed by atoms with Crippen molar-refractivity contribution in [1.29, 1.82) is 0 Å². The molecule has 0 saturated carbocycles. The van der Waals surface area contributed by atoms with E-state index < -0.39 is 0 Å². The zero-order chi connectivity index (χ0) is 24.9. The van der Waals surface area contributed by atoms with Crippen LogP contribution in [-0.2, 0) is 16.1 Å². The molecule has 5 rings (SSSR count). The van der Waals surface area contributed by atoms with E-state index >= 15 is 0 Å². The van der Waals surface area contributed by atoms with Gasteiger partial charge in [0.25, 0.3) is 0 Å². The van der Waals surface area contributed by atoms with Gasteiger partial charge in [0.2, 0.25) is 11.1 Å². The van der Waals surface area contributed by atoms with Gasteiger partial charge in [0.1, 0.15) is 5.52 Å². The first kappa shape index (κ1) is 25.1. The normalized spacial score (nSPS) is 15.4. The van der Waals surface area contributed by atoms with Crippen LogP contribution in [0.15, 0.2) is 58.2 Å². The molecule has 1 aliphatic heterocycles. The van der Waals surface area contributed by atoms with Crippen molar-refractivity contribution < 1.29 is 9.53 Å². The molecule has 0 spiro atoms. The molecule has 2 aromatic carbocycles. The van der Waals surface area contributed by atoms with Crippen molar-refractivity contribution in [3.63, 3.8) is 0 Å². The molecule has 0 aliphatic carbocycles. The molecule has 1 aliphatic rings. The topological polar surface area (TPSA) is 85.2 Å². The number of carbonyl (C=O) groups excluding carboxylic acids is 1. The SMILES string of the molecule is CCC(Sc1nnc2c3ccccc3n(Cc3ccc(Br)cc3)c2n1)C(=O)NCCN1CCOCC1. The smallest absolute Gasteiger partial charge is 0.233 e. The summed E-state index contributed by atoms with van der Waals surface area (Å²) in [4.78, 5) is 20.1. The number of nitrogens with one attached hydrogen (secondary N) is 1. The number of para-hydroxylation sites is 1. The van der Waals surface area contributed by atoms with Crippen LogP contribution >= 0.6 is 27.7 Å². The molecule has 0 bridgehead atoms. The fraction of sp³-hybridized carbons (Fsp3) is 0.385. The third-order valence-electron chi connectivity index (χ3n) is 6.35. The highest BCUT2D eigenvalue weighted by Gasteiger charge is 2.22. The Kier molecular flexibility index (Phi) is 8.15. The van der Waals surface area contributed by atoms with E-state index in [9.17, 15) is 4.79 Å². The Morgan fingerprint density at radius 2 is 1.92 bits per heavy atom. The van der Waals surface area contributed by atoms with Gasteiger partial charge in [0.05, 0.1) is 24.0 Å². The molecule has 1 unspecified atom stereocenters. The van der Waals surface area contributed by atoms with E-state index in [-0.39, 0.29) is 11.2 Å². The van der Waals surface area contributed by atoms with Gasteiger partial charge in [-0.15, -0.1) is 10.2 Å². The standard InChI is InChI=1S/C26H29BrN6O2S/c1-2-22(25(34)28-11-12-32-13-15-35-16-14-32)36-26-29-24-23(30-31-26)20-5-3-4-6-21(20)33(24)17-18-7-9-19(27)10-8-18/h3-10,22H,2,11-17H2,1H3,(H,28,34). The molecule has 1 fully saturated rings. The summed E-state index contributed by atoms with van der Waals surface area (Å²) in [6.45, 7) is 7.46. The number of fused-ring (bicyclic) bond motifs is 3. The predicted octanol–water partition coefficient (Wildman–Crippen LogP) is 4.11. The highest BCUT2D eigenvalue weighted by Crippen LogP contribution is 2.29. The number of halogens is 1. The van der Waals surface area contributed by atoms with Gasteiger partial charge in [0, 0.05) is 42.6 Å². The molecule has 3 heterocycles. The van der Waals surface area contributed by atoms with Gasteiger partial charge in [-0.3, -0.25) is 9.69 Å². The predicted molar refractivity (Wildman–Crippen MR) is 146 cm³/mol. The average Bonchev–Trinajstić information content (AvgIpc) is 3.22. The van der Waals surface area contributed by atoms with Gasteiger partial charge < -0.3 is 14.6 Å². The molecule has 2 aromatic heterocycles. The maximum absolute atomic E-state index is 12.9. The van der Waals surface area contributed by atoms with E-state index in [2.05, 4.69) is 65.2 Å². The maximum atomic E-state index is 12.9. The number of carbonyl (C=O) groups is 1. The van der Waals surface area contributed by atoms with Crippen LogP contribution in [0.4, 0.5) is 0 Å². The Balaban J connectivity index is 1.35. The summed E-state index contributed by atoms with van der Waals surface area (Å²) < 4.78 is 8.61. The molecular weight excluding hydrogens is 540 g/mol. The van der Waals surface area contributed by atoms with Crippen LogP contribution in [0.1, 0.15) is 18.9 Å². The lowest BCUT2D eigenvalue weighted by atomic mass is 10.2. The second-order valence-electron chi connectivity index (χ2n) is 8.76. The van der Waals surface area contributed by atoms with Crippen molar-refractivity contribution >= 4 is 55.7 Å². The molecule has 188 valence electrons. The minimum Gasteiger partial charge on any atom is -0.379 e. The third kappa shape index (κ3) is 5.72. The number of hydrogen-bond acceptors (Lipinski definition) is 7. The van der Waals surface area contributed by atoms with Crippen LogP contribution in [0, 0.1) is 0 Å². The van der Waals surface area contributed by atoms with Crippen molar-refractivity contribution in [1.82, 2.24) is 30.0 Å². The molecule has 8 nitrogen and oxygen atoms in total. The fourth-order valence-corrected chi connectivity index (χ4v) is 5.50. The van der Waals surface area contributed by atoms with Crippen molar-refractivity contribution in [2.45, 2.75) is 30.3 Å². The molecule has 1 N–H and O–H groups in total. The molecule has 1 amide bonds. The number of nitrogens with zero attached hydrogens (tertiary/aromatic N) is 5. The van der Waals surface area contributed by atoms with Gasteiger partial charge in [-0.05, 0) is 30.2 Å². The number of ether oxygens (including phenoxy) is 1. The van der Waals surface area contributed by atoms with Gasteiger partial charge in [-0.1, -0.05) is 64.9 Å². The van der Waals surface area contributed by atoms with Gasteiger partial charge in [0.15, 0.2) is 5.65 Å². The monoisotopic (exact) mass is 568 g/mol. The van der Waals surface area contributed by atoms with Crippen LogP contribution in [0.5, 0.6) is 0 Å². The highest BCUT2D eigenvalue weighted by molar-refractivity contribution is 9.10. The quantitative estimate of drug-likeness (QED) is 0.304. The Morgan fingerprint density at radius 3 is 2.69 bits per heavy atom. The van der Waals surface area contributed by atoms with E-state index in [0.29, 0.717) is 24.7 Å². The lowest BCUT2D eigenvalue weighted by molar-refractivity contribution is -0.120. The lowest BCUT2D eigenvalue weighted by Crippen LogP contribution is -2.42. The summed E-state index contributed by atoms with van der Waals surface area (Å²) in [5.41, 5.74) is 3.78. The van der Waals surface area contributed by atoms with Gasteiger partial charge in [-0.25, -0.2) is 4.98 Å². The molecule has 0 radical (unpaired) electrons. The Morgan fingerprint density at radius 1 is 1.14 bits per heavy atom. The third-order valence-corrected chi connectivity index (χ3v) is 8.09. The number of hydrogen-bond donors (Lipinski definition) is 1. The zero-order valence-corrected chi connectivity index (χ0v) is 22.6. The highest BCUT2D eigenvalue weighted by atomic mass is 79.9. The zero-order valence-electron chi connectivity index (χ0n) is 20.2. The number of thioether (sulfide) groups is 1. The number of benzene rings is 2. The van der Waals surface area contributed by atoms with E-state index in [1.165, 1.54) is 17.3 Å². The lowest BCUT2D eigenvalue weighted by Gasteiger charge is -2.26. The number of amides is 1. The second-order valence-corrected chi connectivity index (χ2v) is 10.8.